The second-order valence-electron chi connectivity index (χ2n) is 3.82. The highest BCUT2D eigenvalue weighted by atomic mass is 35.5. The largest absolute Gasteiger partial charge is 1.00 e. The van der Waals surface area contributed by atoms with Crippen LogP contribution in [-0.4, -0.2) is 17.0 Å². The molecule has 0 atom stereocenters. The number of hydrogen-bond donors (Lipinski definition) is 3. The first-order chi connectivity index (χ1) is 9.08. The van der Waals surface area contributed by atoms with Gasteiger partial charge < -0.3 is 23.2 Å². The van der Waals surface area contributed by atoms with Gasteiger partial charge in [0.1, 0.15) is 0 Å². The first kappa shape index (κ1) is 15.5. The summed E-state index contributed by atoms with van der Waals surface area (Å²) in [5.41, 5.74) is 5.59. The first-order valence-corrected chi connectivity index (χ1v) is 5.49. The maximum Gasteiger partial charge on any atom is 0.336 e. The summed E-state index contributed by atoms with van der Waals surface area (Å²) in [6, 6.07) is 10.9. The van der Waals surface area contributed by atoms with Gasteiger partial charge >= 0.3 is 11.9 Å². The normalized spacial score (nSPS) is 9.40. The number of hydrogen-bond acceptors (Lipinski definition) is 3. The number of aromatic amines is 1. The molecule has 0 fully saturated rings. The van der Waals surface area contributed by atoms with E-state index in [-0.39, 0.29) is 23.5 Å². The number of pyridine rings is 1. The molecular formula is C13H12ClN3O3. The number of carbonyl (C=O) groups excluding carboxylic acids is 1. The minimum atomic E-state index is -1.15. The van der Waals surface area contributed by atoms with Crippen LogP contribution in [-0.2, 0) is 0 Å². The number of nitrogens with two attached hydrogens (primary N) is 1. The number of nitrogens with one attached hydrogen (secondary N) is 2. The van der Waals surface area contributed by atoms with Crippen LogP contribution in [0.25, 0.3) is 0 Å². The lowest BCUT2D eigenvalue weighted by Gasteiger charge is -2.04. The van der Waals surface area contributed by atoms with Gasteiger partial charge in [-0.3, -0.25) is 4.79 Å². The van der Waals surface area contributed by atoms with E-state index in [0.717, 1.165) is 0 Å². The molecular weight excluding hydrogens is 282 g/mol. The van der Waals surface area contributed by atoms with E-state index in [1.54, 1.807) is 30.3 Å². The summed E-state index contributed by atoms with van der Waals surface area (Å²) < 4.78 is 0. The van der Waals surface area contributed by atoms with Crippen LogP contribution in [0.2, 0.25) is 0 Å². The lowest BCUT2D eigenvalue weighted by Crippen LogP contribution is -3.00. The zero-order valence-corrected chi connectivity index (χ0v) is 11.0. The van der Waals surface area contributed by atoms with Gasteiger partial charge in [0.2, 0.25) is 11.6 Å². The molecule has 104 valence electrons. The molecule has 2 aromatic rings. The molecule has 2 rings (SSSR count). The second kappa shape index (κ2) is 6.53. The van der Waals surface area contributed by atoms with Crippen molar-refractivity contribution in [2.45, 2.75) is 0 Å². The third kappa shape index (κ3) is 3.46. The molecule has 0 spiro atoms. The Morgan fingerprint density at radius 2 is 1.70 bits per heavy atom. The maximum absolute atomic E-state index is 12.0. The van der Waals surface area contributed by atoms with E-state index in [1.807, 2.05) is 0 Å². The van der Waals surface area contributed by atoms with Crippen molar-refractivity contribution < 1.29 is 32.1 Å². The van der Waals surface area contributed by atoms with Crippen LogP contribution >= 0.6 is 0 Å². The predicted octanol–water partition coefficient (Wildman–Crippen LogP) is -1.96. The number of aromatic carboxylic acids is 1. The van der Waals surface area contributed by atoms with Crippen molar-refractivity contribution in [2.24, 2.45) is 0 Å². The van der Waals surface area contributed by atoms with E-state index in [0.29, 0.717) is 11.6 Å². The number of anilines is 2. The Bertz CT molecular complexity index is 646. The number of benzene rings is 1. The Morgan fingerprint density at radius 3 is 2.30 bits per heavy atom. The summed E-state index contributed by atoms with van der Waals surface area (Å²) >= 11 is 0. The molecule has 0 radical (unpaired) electrons. The number of amides is 1. The number of carboxylic acid groups (broad SMARTS) is 1. The molecule has 0 aliphatic heterocycles. The first-order valence-electron chi connectivity index (χ1n) is 5.49. The van der Waals surface area contributed by atoms with Crippen LogP contribution < -0.4 is 28.4 Å². The Kier molecular flexibility index (Phi) is 5.05. The molecule has 1 aromatic heterocycles. The van der Waals surface area contributed by atoms with E-state index in [4.69, 9.17) is 10.8 Å². The highest BCUT2D eigenvalue weighted by Crippen LogP contribution is 2.11. The summed E-state index contributed by atoms with van der Waals surface area (Å²) in [4.78, 5) is 25.8. The van der Waals surface area contributed by atoms with E-state index in [9.17, 15) is 9.59 Å². The molecule has 1 aromatic carbocycles. The van der Waals surface area contributed by atoms with Gasteiger partial charge in [-0.25, -0.2) is 15.1 Å². The SMILES string of the molecule is Nc1cccc(NC(=O)c2ccccc2C(=O)O)[nH+]1.[Cl-]. The maximum atomic E-state index is 12.0. The van der Waals surface area contributed by atoms with Crippen molar-refractivity contribution >= 4 is 23.5 Å². The van der Waals surface area contributed by atoms with Crippen LogP contribution in [0.15, 0.2) is 42.5 Å². The Hall–Kier alpha value is -2.60. The predicted molar refractivity (Wildman–Crippen MR) is 68.8 cm³/mol. The van der Waals surface area contributed by atoms with Gasteiger partial charge in [0, 0.05) is 12.1 Å². The summed E-state index contributed by atoms with van der Waals surface area (Å²) in [5, 5.41) is 11.6. The summed E-state index contributed by atoms with van der Waals surface area (Å²) in [6.07, 6.45) is 0. The molecule has 0 saturated heterocycles. The number of halogens is 1. The molecule has 0 unspecified atom stereocenters. The van der Waals surface area contributed by atoms with E-state index < -0.39 is 11.9 Å². The number of carbonyl (C=O) groups is 2. The van der Waals surface area contributed by atoms with Gasteiger partial charge in [0.25, 0.3) is 0 Å². The zero-order valence-electron chi connectivity index (χ0n) is 10.3. The van der Waals surface area contributed by atoms with Gasteiger partial charge in [-0.2, -0.15) is 0 Å². The number of aromatic nitrogens is 1. The lowest BCUT2D eigenvalue weighted by atomic mass is 10.1. The third-order valence-electron chi connectivity index (χ3n) is 2.47. The highest BCUT2D eigenvalue weighted by Gasteiger charge is 2.18. The van der Waals surface area contributed by atoms with Crippen LogP contribution in [0.1, 0.15) is 20.7 Å². The van der Waals surface area contributed by atoms with Gasteiger partial charge in [-0.15, -0.1) is 0 Å². The van der Waals surface area contributed by atoms with Crippen LogP contribution in [0.5, 0.6) is 0 Å². The molecule has 1 heterocycles. The molecule has 5 N–H and O–H groups in total. The van der Waals surface area contributed by atoms with E-state index >= 15 is 0 Å². The van der Waals surface area contributed by atoms with E-state index in [1.165, 1.54) is 12.1 Å². The van der Waals surface area contributed by atoms with Crippen molar-refractivity contribution in [3.05, 3.63) is 53.6 Å². The van der Waals surface area contributed by atoms with Gasteiger partial charge in [-0.05, 0) is 18.2 Å². The Balaban J connectivity index is 0.00000200. The van der Waals surface area contributed by atoms with Crippen LogP contribution in [0, 0.1) is 0 Å². The topological polar surface area (TPSA) is 107 Å². The Labute approximate surface area is 121 Å². The fourth-order valence-corrected chi connectivity index (χ4v) is 1.62. The average Bonchev–Trinajstić information content (AvgIpc) is 2.38. The average molecular weight is 294 g/mol. The van der Waals surface area contributed by atoms with Gasteiger partial charge in [0.05, 0.1) is 11.1 Å². The van der Waals surface area contributed by atoms with E-state index in [2.05, 4.69) is 10.3 Å². The van der Waals surface area contributed by atoms with Gasteiger partial charge in [0.15, 0.2) is 0 Å². The van der Waals surface area contributed by atoms with Crippen LogP contribution in [0.4, 0.5) is 11.6 Å². The van der Waals surface area contributed by atoms with Crippen molar-refractivity contribution in [1.29, 1.82) is 0 Å². The smallest absolute Gasteiger partial charge is 0.336 e. The molecule has 6 nitrogen and oxygen atoms in total. The summed E-state index contributed by atoms with van der Waals surface area (Å²) in [6.45, 7) is 0. The van der Waals surface area contributed by atoms with Crippen molar-refractivity contribution in [2.75, 3.05) is 11.1 Å². The fourth-order valence-electron chi connectivity index (χ4n) is 1.62. The second-order valence-corrected chi connectivity index (χ2v) is 3.82. The molecule has 0 aliphatic rings. The van der Waals surface area contributed by atoms with Crippen molar-refractivity contribution in [3.63, 3.8) is 0 Å². The Morgan fingerprint density at radius 1 is 1.05 bits per heavy atom. The lowest BCUT2D eigenvalue weighted by molar-refractivity contribution is -0.342. The van der Waals surface area contributed by atoms with Crippen molar-refractivity contribution in [1.82, 2.24) is 0 Å². The minimum absolute atomic E-state index is 0. The highest BCUT2D eigenvalue weighted by molar-refractivity contribution is 6.10. The standard InChI is InChI=1S/C13H11N3O3.ClH/c14-10-6-3-7-11(15-10)16-12(17)8-4-1-2-5-9(8)13(18)19;/h1-7H,(H,18,19)(H3,14,15,16,17);1H. The molecule has 20 heavy (non-hydrogen) atoms. The molecule has 0 bridgehead atoms. The summed E-state index contributed by atoms with van der Waals surface area (Å²) in [7, 11) is 0. The molecule has 1 amide bonds. The number of carboxylic acids is 1. The molecule has 0 saturated carbocycles. The van der Waals surface area contributed by atoms with Gasteiger partial charge in [-0.1, -0.05) is 12.1 Å². The molecule has 0 aliphatic carbocycles. The quantitative estimate of drug-likeness (QED) is 0.611. The zero-order chi connectivity index (χ0) is 13.8. The molecule has 7 heteroatoms. The number of rotatable bonds is 3. The number of H-pyrrole nitrogens is 1. The van der Waals surface area contributed by atoms with Crippen molar-refractivity contribution in [3.8, 4) is 0 Å². The summed E-state index contributed by atoms with van der Waals surface area (Å²) in [5.74, 6) is -0.878. The monoisotopic (exact) mass is 293 g/mol. The third-order valence-corrected chi connectivity index (χ3v) is 2.47. The van der Waals surface area contributed by atoms with Crippen LogP contribution in [0.3, 0.4) is 0 Å². The fraction of sp³-hybridized carbons (Fsp3) is 0. The number of nitrogen functional groups attached to an aromatic ring is 1. The minimum Gasteiger partial charge on any atom is -1.00 e.